The van der Waals surface area contributed by atoms with Crippen LogP contribution >= 0.6 is 7.77 Å². The summed E-state index contributed by atoms with van der Waals surface area (Å²) in [6, 6.07) is 8.02. The molecule has 1 aromatic rings. The second-order valence-corrected chi connectivity index (χ2v) is 3.91. The number of rotatable bonds is 2. The molecule has 0 heterocycles. The summed E-state index contributed by atoms with van der Waals surface area (Å²) in [7, 11) is -1.29. The van der Waals surface area contributed by atoms with E-state index >= 15 is 0 Å². The van der Waals surface area contributed by atoms with Crippen LogP contribution in [0.2, 0.25) is 0 Å². The van der Waals surface area contributed by atoms with Gasteiger partial charge in [-0.1, -0.05) is 29.8 Å². The van der Waals surface area contributed by atoms with Crippen LogP contribution < -0.4 is 4.89 Å². The Morgan fingerprint density at radius 3 is 2.82 bits per heavy atom. The minimum atomic E-state index is -1.29. The third-order valence-corrected chi connectivity index (χ3v) is 2.16. The second-order valence-electron chi connectivity index (χ2n) is 2.63. The van der Waals surface area contributed by atoms with E-state index in [4.69, 9.17) is 0 Å². The molecule has 1 aromatic carbocycles. The fourth-order valence-corrected chi connectivity index (χ4v) is 1.62. The van der Waals surface area contributed by atoms with E-state index < -0.39 is 7.77 Å². The molecule has 0 saturated carbocycles. The highest BCUT2D eigenvalue weighted by Crippen LogP contribution is 2.16. The molecule has 0 saturated heterocycles. The van der Waals surface area contributed by atoms with Gasteiger partial charge in [-0.2, -0.15) is 0 Å². The topological polar surface area (TPSA) is 23.1 Å². The zero-order chi connectivity index (χ0) is 8.27. The molecule has 0 bridgehead atoms. The summed E-state index contributed by atoms with van der Waals surface area (Å²) in [5, 5.41) is 0. The summed E-state index contributed by atoms with van der Waals surface area (Å²) in [6.45, 7) is 2.03. The predicted molar refractivity (Wildman–Crippen MR) is 48.9 cm³/mol. The van der Waals surface area contributed by atoms with Crippen molar-refractivity contribution in [2.24, 2.45) is 0 Å². The molecule has 0 amide bonds. The minimum absolute atomic E-state index is 0.594. The summed E-state index contributed by atoms with van der Waals surface area (Å²) in [5.74, 6) is 0. The molecule has 0 aromatic heterocycles. The molecule has 58 valence electrons. The normalized spacial score (nSPS) is 11.3. The molecule has 11 heavy (non-hydrogen) atoms. The Bertz CT molecular complexity index is 268. The van der Waals surface area contributed by atoms with Crippen LogP contribution in [0.1, 0.15) is 11.1 Å². The minimum Gasteiger partial charge on any atom is -0.631 e. The smallest absolute Gasteiger partial charge is 0.127 e. The fourth-order valence-electron chi connectivity index (χ4n) is 1.01. The van der Waals surface area contributed by atoms with Gasteiger partial charge in [0, 0.05) is 7.77 Å². The van der Waals surface area contributed by atoms with Crippen molar-refractivity contribution in [1.82, 2.24) is 0 Å². The Balaban J connectivity index is 2.79. The molecular weight excluding hydrogens is 155 g/mol. The molecule has 0 aliphatic rings. The molecule has 0 spiro atoms. The zero-order valence-corrected chi connectivity index (χ0v) is 7.47. The fraction of sp³-hybridized carbons (Fsp3) is 0.222. The highest BCUT2D eigenvalue weighted by Gasteiger charge is 1.96. The largest absolute Gasteiger partial charge is 0.631 e. The lowest BCUT2D eigenvalue weighted by molar-refractivity contribution is -0.153. The molecular formula is C9H11OP. The zero-order valence-electron chi connectivity index (χ0n) is 6.58. The molecule has 1 rings (SSSR count). The molecule has 0 fully saturated rings. The van der Waals surface area contributed by atoms with Gasteiger partial charge in [0.05, 0.1) is 6.30 Å². The maximum absolute atomic E-state index is 10.8. The van der Waals surface area contributed by atoms with E-state index in [9.17, 15) is 4.89 Å². The summed E-state index contributed by atoms with van der Waals surface area (Å²) in [5.41, 5.74) is 2.32. The first-order chi connectivity index (χ1) is 5.18. The van der Waals surface area contributed by atoms with Crippen LogP contribution in [0.15, 0.2) is 24.3 Å². The summed E-state index contributed by atoms with van der Waals surface area (Å²) >= 11 is 0. The van der Waals surface area contributed by atoms with E-state index in [1.54, 1.807) is 0 Å². The maximum atomic E-state index is 10.8. The summed E-state index contributed by atoms with van der Waals surface area (Å²) < 4.78 is 0. The molecule has 0 aliphatic carbocycles. The van der Waals surface area contributed by atoms with E-state index in [0.717, 1.165) is 5.56 Å². The van der Waals surface area contributed by atoms with Crippen molar-refractivity contribution in [3.63, 3.8) is 0 Å². The van der Waals surface area contributed by atoms with Crippen molar-refractivity contribution >= 4 is 14.1 Å². The highest BCUT2D eigenvalue weighted by atomic mass is 31.1. The van der Waals surface area contributed by atoms with Crippen LogP contribution in [0, 0.1) is 6.92 Å². The number of benzene rings is 1. The quantitative estimate of drug-likeness (QED) is 0.613. The van der Waals surface area contributed by atoms with Crippen molar-refractivity contribution in [3.05, 3.63) is 35.4 Å². The van der Waals surface area contributed by atoms with Gasteiger partial charge in [-0.25, -0.2) is 0 Å². The van der Waals surface area contributed by atoms with Gasteiger partial charge in [-0.05, 0) is 12.5 Å². The Kier molecular flexibility index (Phi) is 2.81. The van der Waals surface area contributed by atoms with Crippen LogP contribution in [0.3, 0.4) is 0 Å². The Morgan fingerprint density at radius 2 is 2.27 bits per heavy atom. The average Bonchev–Trinajstić information content (AvgIpc) is 1.85. The van der Waals surface area contributed by atoms with Crippen LogP contribution in [0.25, 0.3) is 0 Å². The third kappa shape index (κ3) is 2.83. The van der Waals surface area contributed by atoms with Crippen LogP contribution in [0.4, 0.5) is 0 Å². The predicted octanol–water partition coefficient (Wildman–Crippen LogP) is 1.68. The monoisotopic (exact) mass is 166 g/mol. The van der Waals surface area contributed by atoms with Crippen LogP contribution in [-0.4, -0.2) is 6.30 Å². The molecule has 0 N–H and O–H groups in total. The van der Waals surface area contributed by atoms with Crippen molar-refractivity contribution in [2.75, 3.05) is 0 Å². The van der Waals surface area contributed by atoms with Crippen LogP contribution in [0.5, 0.6) is 0 Å². The first-order valence-corrected chi connectivity index (χ1v) is 5.12. The SMILES string of the molecule is C=[P+]([O-])Cc1cccc(C)c1. The van der Waals surface area contributed by atoms with Crippen molar-refractivity contribution in [3.8, 4) is 0 Å². The first-order valence-electron chi connectivity index (χ1n) is 3.49. The summed E-state index contributed by atoms with van der Waals surface area (Å²) in [6.07, 6.45) is 4.07. The van der Waals surface area contributed by atoms with Gasteiger partial charge in [-0.15, -0.1) is 0 Å². The lowest BCUT2D eigenvalue weighted by Crippen LogP contribution is -1.90. The van der Waals surface area contributed by atoms with E-state index in [1.807, 2.05) is 31.2 Å². The number of hydrogen-bond donors (Lipinski definition) is 0. The molecule has 2 heteroatoms. The number of aryl methyl sites for hydroxylation is 1. The lowest BCUT2D eigenvalue weighted by atomic mass is 10.2. The summed E-state index contributed by atoms with van der Waals surface area (Å²) in [4.78, 5) is 10.8. The standard InChI is InChI=1S/C9H11OP/c1-8-4-3-5-9(6-8)7-11(2)10/h3-6H,2,7H2,1H3. The van der Waals surface area contributed by atoms with Gasteiger partial charge < -0.3 is 4.89 Å². The lowest BCUT2D eigenvalue weighted by Gasteiger charge is -1.98. The second kappa shape index (κ2) is 3.66. The van der Waals surface area contributed by atoms with Gasteiger partial charge in [0.25, 0.3) is 0 Å². The van der Waals surface area contributed by atoms with Gasteiger partial charge in [0.2, 0.25) is 0 Å². The Morgan fingerprint density at radius 1 is 1.55 bits per heavy atom. The molecule has 0 radical (unpaired) electrons. The molecule has 1 atom stereocenters. The van der Waals surface area contributed by atoms with Crippen molar-refractivity contribution in [1.29, 1.82) is 0 Å². The van der Waals surface area contributed by atoms with Crippen molar-refractivity contribution < 1.29 is 4.89 Å². The van der Waals surface area contributed by atoms with Gasteiger partial charge in [0.15, 0.2) is 0 Å². The first kappa shape index (κ1) is 8.45. The third-order valence-electron chi connectivity index (χ3n) is 1.44. The van der Waals surface area contributed by atoms with Crippen molar-refractivity contribution in [2.45, 2.75) is 13.1 Å². The molecule has 0 aliphatic heterocycles. The molecule has 1 unspecified atom stereocenters. The van der Waals surface area contributed by atoms with Crippen LogP contribution in [-0.2, 0) is 6.16 Å². The van der Waals surface area contributed by atoms with E-state index in [1.165, 1.54) is 5.56 Å². The average molecular weight is 166 g/mol. The Hall–Kier alpha value is -0.650. The van der Waals surface area contributed by atoms with Gasteiger partial charge >= 0.3 is 0 Å². The van der Waals surface area contributed by atoms with Gasteiger partial charge in [-0.3, -0.25) is 0 Å². The maximum Gasteiger partial charge on any atom is 0.127 e. The number of hydrogen-bond acceptors (Lipinski definition) is 1. The highest BCUT2D eigenvalue weighted by molar-refractivity contribution is 7.47. The van der Waals surface area contributed by atoms with E-state index in [-0.39, 0.29) is 0 Å². The molecule has 1 nitrogen and oxygen atoms in total. The van der Waals surface area contributed by atoms with E-state index in [2.05, 4.69) is 6.30 Å². The Labute approximate surface area is 68.2 Å². The van der Waals surface area contributed by atoms with Gasteiger partial charge in [0.1, 0.15) is 6.16 Å². The van der Waals surface area contributed by atoms with E-state index in [0.29, 0.717) is 6.16 Å².